The molecule has 86 valence electrons. The van der Waals surface area contributed by atoms with Crippen molar-refractivity contribution in [1.82, 2.24) is 0 Å². The zero-order chi connectivity index (χ0) is 12.2. The van der Waals surface area contributed by atoms with Crippen molar-refractivity contribution in [3.8, 4) is 22.3 Å². The van der Waals surface area contributed by atoms with Gasteiger partial charge in [-0.05, 0) is 0 Å². The van der Waals surface area contributed by atoms with E-state index < -0.39 is 0 Å². The predicted molar refractivity (Wildman–Crippen MR) is 76.2 cm³/mol. The molecule has 0 saturated heterocycles. The van der Waals surface area contributed by atoms with Crippen LogP contribution < -0.4 is 0 Å². The molecule has 0 spiro atoms. The van der Waals surface area contributed by atoms with E-state index in [1.165, 1.54) is 16.7 Å². The minimum Gasteiger partial charge on any atom is -0.143 e. The van der Waals surface area contributed by atoms with Crippen LogP contribution in [0.5, 0.6) is 0 Å². The largest absolute Gasteiger partial charge is 0.143 e. The Bertz CT molecular complexity index is 549. The van der Waals surface area contributed by atoms with Crippen LogP contribution in [-0.4, -0.2) is 0 Å². The smallest absolute Gasteiger partial charge is 0.0603 e. The molecule has 0 N–H and O–H groups in total. The Morgan fingerprint density at radius 3 is 1.67 bits per heavy atom. The van der Waals surface area contributed by atoms with Crippen LogP contribution in [0.2, 0.25) is 0 Å². The zero-order valence-corrected chi connectivity index (χ0v) is 10.0. The summed E-state index contributed by atoms with van der Waals surface area (Å²) in [5, 5.41) is 0. The first-order valence-electron chi connectivity index (χ1n) is 6.06. The minimum absolute atomic E-state index is 1.13. The van der Waals surface area contributed by atoms with Gasteiger partial charge in [-0.2, -0.15) is 0 Å². The van der Waals surface area contributed by atoms with E-state index in [4.69, 9.17) is 0 Å². The molecule has 0 unspecified atom stereocenters. The molecule has 0 aliphatic carbocycles. The molecule has 0 bridgehead atoms. The number of hydrogen-bond donors (Lipinski definition) is 0. The summed E-state index contributed by atoms with van der Waals surface area (Å²) in [4.78, 5) is 0. The molecule has 0 atom stereocenters. The average Bonchev–Trinajstić information content (AvgIpc) is 2.49. The average molecular weight is 229 g/mol. The Hall–Kier alpha value is -2.34. The van der Waals surface area contributed by atoms with E-state index in [1.807, 2.05) is 24.3 Å². The van der Waals surface area contributed by atoms with Crippen LogP contribution in [0.3, 0.4) is 0 Å². The van der Waals surface area contributed by atoms with Gasteiger partial charge in [0.05, 0.1) is 0 Å². The topological polar surface area (TPSA) is 0 Å². The van der Waals surface area contributed by atoms with Crippen LogP contribution in [-0.2, 0) is 0 Å². The molecule has 0 saturated carbocycles. The van der Waals surface area contributed by atoms with Crippen molar-refractivity contribution in [3.63, 3.8) is 0 Å². The summed E-state index contributed by atoms with van der Waals surface area (Å²) < 4.78 is 0. The van der Waals surface area contributed by atoms with Gasteiger partial charge < -0.3 is 0 Å². The van der Waals surface area contributed by atoms with Crippen molar-refractivity contribution >= 4 is 0 Å². The van der Waals surface area contributed by atoms with Crippen LogP contribution in [0, 0.1) is 6.07 Å². The Labute approximate surface area is 108 Å². The fraction of sp³-hybridized carbons (Fsp3) is 0. The fourth-order valence-electron chi connectivity index (χ4n) is 2.03. The summed E-state index contributed by atoms with van der Waals surface area (Å²) in [6.45, 7) is 0. The van der Waals surface area contributed by atoms with Crippen LogP contribution in [0.4, 0.5) is 0 Å². The minimum atomic E-state index is 1.13. The summed E-state index contributed by atoms with van der Waals surface area (Å²) in [6, 6.07) is 30.4. The van der Waals surface area contributed by atoms with Crippen molar-refractivity contribution in [2.24, 2.45) is 0 Å². The van der Waals surface area contributed by atoms with Gasteiger partial charge in [-0.3, -0.25) is 0 Å². The highest BCUT2D eigenvalue weighted by atomic mass is 14.0. The third-order valence-corrected chi connectivity index (χ3v) is 3.00. The van der Waals surface area contributed by atoms with E-state index in [9.17, 15) is 0 Å². The number of hydrogen-bond acceptors (Lipinski definition) is 0. The summed E-state index contributed by atoms with van der Waals surface area (Å²) in [5.41, 5.74) is 4.77. The van der Waals surface area contributed by atoms with E-state index in [0.717, 1.165) is 5.56 Å². The van der Waals surface area contributed by atoms with Gasteiger partial charge in [-0.15, -0.1) is 29.8 Å². The molecular formula is C18H13-. The van der Waals surface area contributed by atoms with Gasteiger partial charge in [-0.1, -0.05) is 77.4 Å². The second-order valence-corrected chi connectivity index (χ2v) is 4.22. The first-order valence-corrected chi connectivity index (χ1v) is 6.06. The van der Waals surface area contributed by atoms with Crippen molar-refractivity contribution in [2.45, 2.75) is 0 Å². The molecule has 0 aliphatic heterocycles. The first kappa shape index (κ1) is 10.8. The van der Waals surface area contributed by atoms with Gasteiger partial charge in [0.2, 0.25) is 0 Å². The normalized spacial score (nSPS) is 10.2. The lowest BCUT2D eigenvalue weighted by Crippen LogP contribution is -1.80. The van der Waals surface area contributed by atoms with Gasteiger partial charge >= 0.3 is 0 Å². The van der Waals surface area contributed by atoms with Crippen molar-refractivity contribution in [2.75, 3.05) is 0 Å². The maximum Gasteiger partial charge on any atom is -0.0603 e. The van der Waals surface area contributed by atoms with Crippen LogP contribution in [0.25, 0.3) is 22.3 Å². The molecule has 3 rings (SSSR count). The van der Waals surface area contributed by atoms with E-state index in [1.54, 1.807) is 0 Å². The molecule has 0 heteroatoms. The second-order valence-electron chi connectivity index (χ2n) is 4.22. The van der Waals surface area contributed by atoms with Gasteiger partial charge in [-0.25, -0.2) is 0 Å². The molecule has 3 aromatic rings. The maximum absolute atomic E-state index is 3.35. The quantitative estimate of drug-likeness (QED) is 0.552. The lowest BCUT2D eigenvalue weighted by Gasteiger charge is -2.12. The van der Waals surface area contributed by atoms with Crippen LogP contribution in [0.15, 0.2) is 78.9 Å². The Balaban J connectivity index is 1.95. The van der Waals surface area contributed by atoms with Crippen LogP contribution in [0.1, 0.15) is 0 Å². The van der Waals surface area contributed by atoms with Crippen LogP contribution >= 0.6 is 0 Å². The van der Waals surface area contributed by atoms with E-state index >= 15 is 0 Å². The molecule has 3 aromatic carbocycles. The predicted octanol–water partition coefficient (Wildman–Crippen LogP) is 4.82. The molecule has 0 aromatic heterocycles. The molecule has 0 fully saturated rings. The highest BCUT2D eigenvalue weighted by molar-refractivity contribution is 5.69. The zero-order valence-electron chi connectivity index (χ0n) is 10.0. The van der Waals surface area contributed by atoms with Gasteiger partial charge in [0.15, 0.2) is 0 Å². The molecule has 0 heterocycles. The fourth-order valence-corrected chi connectivity index (χ4v) is 2.03. The highest BCUT2D eigenvalue weighted by Crippen LogP contribution is 2.23. The van der Waals surface area contributed by atoms with Gasteiger partial charge in [0.25, 0.3) is 0 Å². The number of rotatable bonds is 2. The molecular weight excluding hydrogens is 216 g/mol. The first-order chi connectivity index (χ1) is 8.93. The summed E-state index contributed by atoms with van der Waals surface area (Å²) >= 11 is 0. The van der Waals surface area contributed by atoms with E-state index in [2.05, 4.69) is 60.7 Å². The Morgan fingerprint density at radius 1 is 0.500 bits per heavy atom. The molecule has 0 aliphatic rings. The standard InChI is InChI=1S/C18H13/c1-3-7-15(8-4-1)17-11-13-18(14-12-17)16-9-5-2-6-10-16/h1-13H/q-1. The van der Waals surface area contributed by atoms with Gasteiger partial charge in [0, 0.05) is 0 Å². The van der Waals surface area contributed by atoms with Crippen molar-refractivity contribution in [3.05, 3.63) is 84.9 Å². The molecule has 0 radical (unpaired) electrons. The highest BCUT2D eigenvalue weighted by Gasteiger charge is 1.91. The van der Waals surface area contributed by atoms with Crippen molar-refractivity contribution < 1.29 is 0 Å². The third kappa shape index (κ3) is 2.18. The SMILES string of the molecule is [c-]1cc(-c2ccccc2)ccc1-c1ccccc1. The summed E-state index contributed by atoms with van der Waals surface area (Å²) in [5.74, 6) is 0. The molecule has 0 amide bonds. The monoisotopic (exact) mass is 229 g/mol. The lowest BCUT2D eigenvalue weighted by atomic mass is 10.0. The number of benzene rings is 3. The van der Waals surface area contributed by atoms with Gasteiger partial charge in [0.1, 0.15) is 0 Å². The Morgan fingerprint density at radius 2 is 1.11 bits per heavy atom. The second kappa shape index (κ2) is 4.89. The molecule has 18 heavy (non-hydrogen) atoms. The maximum atomic E-state index is 3.35. The lowest BCUT2D eigenvalue weighted by molar-refractivity contribution is 1.58. The molecule has 0 nitrogen and oxygen atoms in total. The summed E-state index contributed by atoms with van der Waals surface area (Å²) in [6.07, 6.45) is 0. The Kier molecular flexibility index (Phi) is 2.93. The van der Waals surface area contributed by atoms with E-state index in [-0.39, 0.29) is 0 Å². The summed E-state index contributed by atoms with van der Waals surface area (Å²) in [7, 11) is 0. The van der Waals surface area contributed by atoms with E-state index in [0.29, 0.717) is 0 Å². The third-order valence-electron chi connectivity index (χ3n) is 3.00. The van der Waals surface area contributed by atoms with Crippen molar-refractivity contribution in [1.29, 1.82) is 0 Å².